The van der Waals surface area contributed by atoms with E-state index in [1.54, 1.807) is 0 Å². The molecule has 5 N–H and O–H groups in total. The molecular formula is C36H64N4O. The van der Waals surface area contributed by atoms with Crippen LogP contribution in [0, 0.1) is 34.0 Å². The third kappa shape index (κ3) is 6.73. The summed E-state index contributed by atoms with van der Waals surface area (Å²) in [5.74, 6) is 1.92. The molecule has 0 aromatic rings. The zero-order valence-corrected chi connectivity index (χ0v) is 26.6. The number of carbonyl (C=O) groups excluding carboxylic acids is 1. The van der Waals surface area contributed by atoms with Gasteiger partial charge in [0.05, 0.1) is 0 Å². The minimum absolute atomic E-state index is 0. The SMILES string of the molecule is C.CCNCCCNCCNC(=O)/C(CCC=C(C)C)=C1\C(N)CC2(C)C1CCC1C3(C)CCCCC3C=C[C@@]12C. The van der Waals surface area contributed by atoms with E-state index >= 15 is 0 Å². The molecule has 4 rings (SSSR count). The van der Waals surface area contributed by atoms with Crippen molar-refractivity contribution in [2.45, 2.75) is 119 Å². The maximum atomic E-state index is 13.8. The monoisotopic (exact) mass is 569 g/mol. The average molecular weight is 569 g/mol. The Morgan fingerprint density at radius 2 is 1.80 bits per heavy atom. The fraction of sp³-hybridized carbons (Fsp3) is 0.806. The van der Waals surface area contributed by atoms with Crippen LogP contribution in [0.4, 0.5) is 0 Å². The van der Waals surface area contributed by atoms with E-state index in [1.807, 2.05) is 0 Å². The highest BCUT2D eigenvalue weighted by Gasteiger charge is 2.65. The Balaban J connectivity index is 0.00000462. The van der Waals surface area contributed by atoms with Gasteiger partial charge in [-0.1, -0.05) is 71.8 Å². The van der Waals surface area contributed by atoms with Crippen molar-refractivity contribution in [3.05, 3.63) is 34.9 Å². The Labute approximate surface area is 253 Å². The topological polar surface area (TPSA) is 79.2 Å². The third-order valence-electron chi connectivity index (χ3n) is 11.8. The van der Waals surface area contributed by atoms with Crippen molar-refractivity contribution in [1.82, 2.24) is 16.0 Å². The van der Waals surface area contributed by atoms with Crippen LogP contribution in [0.3, 0.4) is 0 Å². The van der Waals surface area contributed by atoms with Crippen LogP contribution < -0.4 is 21.7 Å². The molecule has 5 heteroatoms. The Morgan fingerprint density at radius 1 is 1.05 bits per heavy atom. The molecule has 7 atom stereocenters. The fourth-order valence-electron chi connectivity index (χ4n) is 9.52. The van der Waals surface area contributed by atoms with Crippen molar-refractivity contribution in [2.24, 2.45) is 39.7 Å². The number of amides is 1. The van der Waals surface area contributed by atoms with Gasteiger partial charge >= 0.3 is 0 Å². The summed E-state index contributed by atoms with van der Waals surface area (Å²) >= 11 is 0. The van der Waals surface area contributed by atoms with Gasteiger partial charge in [-0.05, 0) is 124 Å². The van der Waals surface area contributed by atoms with E-state index in [4.69, 9.17) is 5.73 Å². The van der Waals surface area contributed by atoms with Crippen molar-refractivity contribution in [3.8, 4) is 0 Å². The maximum absolute atomic E-state index is 13.8. The minimum Gasteiger partial charge on any atom is -0.351 e. The van der Waals surface area contributed by atoms with E-state index in [1.165, 1.54) is 49.7 Å². The number of nitrogens with two attached hydrogens (primary N) is 1. The summed E-state index contributed by atoms with van der Waals surface area (Å²) in [4.78, 5) is 13.8. The van der Waals surface area contributed by atoms with E-state index in [9.17, 15) is 4.79 Å². The average Bonchev–Trinajstić information content (AvgIpc) is 3.18. The molecule has 0 spiro atoms. The second-order valence-electron chi connectivity index (χ2n) is 14.4. The van der Waals surface area contributed by atoms with Crippen LogP contribution in [0.5, 0.6) is 0 Å². The minimum atomic E-state index is -0.0347. The van der Waals surface area contributed by atoms with Crippen molar-refractivity contribution < 1.29 is 4.79 Å². The van der Waals surface area contributed by atoms with Crippen LogP contribution in [0.2, 0.25) is 0 Å². The lowest BCUT2D eigenvalue weighted by Gasteiger charge is -2.64. The second kappa shape index (κ2) is 14.4. The smallest absolute Gasteiger partial charge is 0.247 e. The highest BCUT2D eigenvalue weighted by molar-refractivity contribution is 5.94. The summed E-state index contributed by atoms with van der Waals surface area (Å²) in [5.41, 5.74) is 11.3. The molecule has 5 nitrogen and oxygen atoms in total. The molecule has 0 radical (unpaired) electrons. The molecule has 4 aliphatic carbocycles. The number of hydrogen-bond acceptors (Lipinski definition) is 4. The summed E-state index contributed by atoms with van der Waals surface area (Å²) < 4.78 is 0. The van der Waals surface area contributed by atoms with Crippen molar-refractivity contribution in [1.29, 1.82) is 0 Å². The molecule has 3 saturated carbocycles. The first kappa shape index (κ1) is 34.1. The van der Waals surface area contributed by atoms with Crippen LogP contribution in [0.25, 0.3) is 0 Å². The van der Waals surface area contributed by atoms with Crippen LogP contribution in [0.15, 0.2) is 34.9 Å². The third-order valence-corrected chi connectivity index (χ3v) is 11.8. The quantitative estimate of drug-likeness (QED) is 0.117. The van der Waals surface area contributed by atoms with Gasteiger partial charge in [-0.25, -0.2) is 0 Å². The van der Waals surface area contributed by atoms with Gasteiger partial charge in [0, 0.05) is 24.7 Å². The van der Waals surface area contributed by atoms with Gasteiger partial charge in [0.15, 0.2) is 0 Å². The highest BCUT2D eigenvalue weighted by Crippen LogP contribution is 2.71. The molecule has 234 valence electrons. The molecule has 0 aliphatic heterocycles. The lowest BCUT2D eigenvalue weighted by Crippen LogP contribution is -2.57. The van der Waals surface area contributed by atoms with Crippen LogP contribution in [-0.4, -0.2) is 44.7 Å². The van der Waals surface area contributed by atoms with Gasteiger partial charge in [0.25, 0.3) is 0 Å². The molecule has 3 fully saturated rings. The van der Waals surface area contributed by atoms with Crippen molar-refractivity contribution >= 4 is 5.91 Å². The number of hydrogen-bond donors (Lipinski definition) is 4. The Hall–Kier alpha value is -1.43. The van der Waals surface area contributed by atoms with Gasteiger partial charge < -0.3 is 21.7 Å². The molecule has 6 unspecified atom stereocenters. The van der Waals surface area contributed by atoms with Gasteiger partial charge in [-0.2, -0.15) is 0 Å². The second-order valence-corrected chi connectivity index (χ2v) is 14.4. The van der Waals surface area contributed by atoms with Gasteiger partial charge in [-0.3, -0.25) is 4.79 Å². The molecule has 0 bridgehead atoms. The number of rotatable bonds is 12. The Bertz CT molecular complexity index is 980. The lowest BCUT2D eigenvalue weighted by atomic mass is 9.40. The van der Waals surface area contributed by atoms with Gasteiger partial charge in [0.2, 0.25) is 5.91 Å². The van der Waals surface area contributed by atoms with E-state index in [-0.39, 0.29) is 30.2 Å². The fourth-order valence-corrected chi connectivity index (χ4v) is 9.52. The van der Waals surface area contributed by atoms with Crippen LogP contribution in [0.1, 0.15) is 113 Å². The normalized spacial score (nSPS) is 36.9. The maximum Gasteiger partial charge on any atom is 0.247 e. The number of nitrogens with one attached hydrogen (secondary N) is 3. The first-order chi connectivity index (χ1) is 19.1. The van der Waals surface area contributed by atoms with Crippen LogP contribution in [-0.2, 0) is 4.79 Å². The largest absolute Gasteiger partial charge is 0.351 e. The van der Waals surface area contributed by atoms with E-state index in [0.29, 0.717) is 23.8 Å². The lowest BCUT2D eigenvalue weighted by molar-refractivity contribution is -0.118. The van der Waals surface area contributed by atoms with Crippen LogP contribution >= 0.6 is 0 Å². The summed E-state index contributed by atoms with van der Waals surface area (Å²) in [6.45, 7) is 18.6. The summed E-state index contributed by atoms with van der Waals surface area (Å²) in [5, 5.41) is 10.1. The molecule has 0 aromatic heterocycles. The molecule has 41 heavy (non-hydrogen) atoms. The predicted molar refractivity (Wildman–Crippen MR) is 176 cm³/mol. The van der Waals surface area contributed by atoms with Crippen molar-refractivity contribution in [3.63, 3.8) is 0 Å². The standard InChI is InChI=1S/C35H60N4O.CH4/c1-7-37-20-11-21-38-22-23-39-32(40)27(14-10-12-25(2)3)31-28-15-16-30-33(4)18-9-8-13-26(33)17-19-34(30,5)35(28,6)24-29(31)36;/h12,17,19,26,28-30,37-38H,7-11,13-16,18,20-24,36H2,1-6H3,(H,39,40);1H4/b31-27-;/t26?,28?,29?,30?,33?,34-,35?;/m0./s1. The molecule has 0 aromatic carbocycles. The first-order valence-electron chi connectivity index (χ1n) is 16.6. The Morgan fingerprint density at radius 3 is 2.54 bits per heavy atom. The zero-order valence-electron chi connectivity index (χ0n) is 26.6. The summed E-state index contributed by atoms with van der Waals surface area (Å²) in [6, 6.07) is -0.0347. The van der Waals surface area contributed by atoms with Gasteiger partial charge in [0.1, 0.15) is 0 Å². The highest BCUT2D eigenvalue weighted by atomic mass is 16.1. The molecule has 0 saturated heterocycles. The van der Waals surface area contributed by atoms with E-state index in [2.05, 4.69) is 75.7 Å². The molecular weight excluding hydrogens is 504 g/mol. The number of allylic oxidation sites excluding steroid dienone is 4. The predicted octanol–water partition coefficient (Wildman–Crippen LogP) is 6.91. The first-order valence-corrected chi connectivity index (χ1v) is 16.6. The molecule has 1 amide bonds. The summed E-state index contributed by atoms with van der Waals surface area (Å²) in [6.07, 6.45) is 19.1. The Kier molecular flexibility index (Phi) is 11.9. The number of carbonyl (C=O) groups is 1. The molecule has 4 aliphatic rings. The molecule has 0 heterocycles. The zero-order chi connectivity index (χ0) is 29.0. The van der Waals surface area contributed by atoms with E-state index < -0.39 is 0 Å². The van der Waals surface area contributed by atoms with E-state index in [0.717, 1.165) is 63.4 Å². The summed E-state index contributed by atoms with van der Waals surface area (Å²) in [7, 11) is 0. The number of fused-ring (bicyclic) bond motifs is 5. The van der Waals surface area contributed by atoms with Gasteiger partial charge in [-0.15, -0.1) is 0 Å². The van der Waals surface area contributed by atoms with Crippen molar-refractivity contribution in [2.75, 3.05) is 32.7 Å².